The molecule has 2 rings (SSSR count). The molecule has 0 saturated heterocycles. The minimum Gasteiger partial charge on any atom is -0.461 e. The van der Waals surface area contributed by atoms with Gasteiger partial charge >= 0.3 is 5.97 Å². The molecule has 0 atom stereocenters. The SMILES string of the molecule is CCCCNc1nc2n(c1C(=O)OCC)CCCC2. The summed E-state index contributed by atoms with van der Waals surface area (Å²) < 4.78 is 7.18. The monoisotopic (exact) mass is 265 g/mol. The Hall–Kier alpha value is -1.52. The van der Waals surface area contributed by atoms with Crippen molar-refractivity contribution in [2.45, 2.75) is 52.5 Å². The molecule has 1 aliphatic rings. The molecule has 0 bridgehead atoms. The highest BCUT2D eigenvalue weighted by atomic mass is 16.5. The van der Waals surface area contributed by atoms with Crippen molar-refractivity contribution in [1.29, 1.82) is 0 Å². The van der Waals surface area contributed by atoms with E-state index in [0.717, 1.165) is 51.0 Å². The van der Waals surface area contributed by atoms with Crippen molar-refractivity contribution in [2.24, 2.45) is 0 Å². The van der Waals surface area contributed by atoms with Crippen molar-refractivity contribution in [1.82, 2.24) is 9.55 Å². The quantitative estimate of drug-likeness (QED) is 0.634. The lowest BCUT2D eigenvalue weighted by Crippen LogP contribution is -2.18. The Labute approximate surface area is 114 Å². The third kappa shape index (κ3) is 3.08. The summed E-state index contributed by atoms with van der Waals surface area (Å²) >= 11 is 0. The molecule has 0 saturated carbocycles. The summed E-state index contributed by atoms with van der Waals surface area (Å²) in [5, 5.41) is 3.28. The van der Waals surface area contributed by atoms with Gasteiger partial charge in [-0.3, -0.25) is 0 Å². The highest BCUT2D eigenvalue weighted by Gasteiger charge is 2.25. The topological polar surface area (TPSA) is 56.2 Å². The lowest BCUT2D eigenvalue weighted by molar-refractivity contribution is 0.0513. The van der Waals surface area contributed by atoms with E-state index in [1.165, 1.54) is 0 Å². The summed E-state index contributed by atoms with van der Waals surface area (Å²) in [5.41, 5.74) is 0.604. The van der Waals surface area contributed by atoms with E-state index in [2.05, 4.69) is 17.2 Å². The van der Waals surface area contributed by atoms with Crippen LogP contribution in [-0.4, -0.2) is 28.7 Å². The summed E-state index contributed by atoms with van der Waals surface area (Å²) in [5.74, 6) is 1.44. The Kier molecular flexibility index (Phi) is 4.82. The van der Waals surface area contributed by atoms with Gasteiger partial charge in [-0.15, -0.1) is 0 Å². The zero-order valence-electron chi connectivity index (χ0n) is 11.9. The summed E-state index contributed by atoms with van der Waals surface area (Å²) in [6, 6.07) is 0. The number of anilines is 1. The van der Waals surface area contributed by atoms with Crippen molar-refractivity contribution >= 4 is 11.8 Å². The number of imidazole rings is 1. The van der Waals surface area contributed by atoms with Crippen LogP contribution in [0.15, 0.2) is 0 Å². The Morgan fingerprint density at radius 1 is 1.42 bits per heavy atom. The number of carbonyl (C=O) groups excluding carboxylic acids is 1. The van der Waals surface area contributed by atoms with Crippen molar-refractivity contribution in [3.05, 3.63) is 11.5 Å². The van der Waals surface area contributed by atoms with Crippen LogP contribution in [0.1, 0.15) is 55.8 Å². The van der Waals surface area contributed by atoms with Crippen LogP contribution in [0.3, 0.4) is 0 Å². The van der Waals surface area contributed by atoms with Gasteiger partial charge in [0, 0.05) is 19.5 Å². The molecule has 106 valence electrons. The first-order valence-electron chi connectivity index (χ1n) is 7.28. The molecule has 1 aliphatic heterocycles. The minimum atomic E-state index is -0.262. The number of unbranched alkanes of at least 4 members (excludes halogenated alkanes) is 1. The second-order valence-corrected chi connectivity index (χ2v) is 4.83. The van der Waals surface area contributed by atoms with Gasteiger partial charge in [-0.1, -0.05) is 13.3 Å². The fourth-order valence-corrected chi connectivity index (χ4v) is 2.40. The van der Waals surface area contributed by atoms with Gasteiger partial charge < -0.3 is 14.6 Å². The molecule has 0 aliphatic carbocycles. The van der Waals surface area contributed by atoms with Crippen LogP contribution < -0.4 is 5.32 Å². The second-order valence-electron chi connectivity index (χ2n) is 4.83. The van der Waals surface area contributed by atoms with Gasteiger partial charge in [0.2, 0.25) is 0 Å². The summed E-state index contributed by atoms with van der Waals surface area (Å²) in [6.45, 7) is 6.08. The van der Waals surface area contributed by atoms with Crippen LogP contribution in [0.2, 0.25) is 0 Å². The number of nitrogens with one attached hydrogen (secondary N) is 1. The molecule has 5 nitrogen and oxygen atoms in total. The van der Waals surface area contributed by atoms with E-state index in [1.807, 2.05) is 11.5 Å². The number of hydrogen-bond acceptors (Lipinski definition) is 4. The normalized spacial score (nSPS) is 14.0. The third-order valence-electron chi connectivity index (χ3n) is 3.37. The molecule has 1 aromatic rings. The zero-order valence-corrected chi connectivity index (χ0v) is 11.9. The predicted octanol–water partition coefficient (Wildman–Crippen LogP) is 2.61. The van der Waals surface area contributed by atoms with E-state index >= 15 is 0 Å². The highest BCUT2D eigenvalue weighted by Crippen LogP contribution is 2.24. The fourth-order valence-electron chi connectivity index (χ4n) is 2.40. The van der Waals surface area contributed by atoms with Crippen molar-refractivity contribution in [3.8, 4) is 0 Å². The maximum Gasteiger partial charge on any atom is 0.358 e. The zero-order chi connectivity index (χ0) is 13.7. The van der Waals surface area contributed by atoms with Crippen molar-refractivity contribution in [3.63, 3.8) is 0 Å². The van der Waals surface area contributed by atoms with E-state index in [0.29, 0.717) is 18.1 Å². The lowest BCUT2D eigenvalue weighted by Gasteiger charge is -2.15. The van der Waals surface area contributed by atoms with Gasteiger partial charge in [0.1, 0.15) is 5.82 Å². The van der Waals surface area contributed by atoms with Crippen molar-refractivity contribution in [2.75, 3.05) is 18.5 Å². The van der Waals surface area contributed by atoms with Crippen LogP contribution in [0.25, 0.3) is 0 Å². The number of rotatable bonds is 6. The third-order valence-corrected chi connectivity index (χ3v) is 3.37. The number of fused-ring (bicyclic) bond motifs is 1. The molecular weight excluding hydrogens is 242 g/mol. The predicted molar refractivity (Wildman–Crippen MR) is 74.5 cm³/mol. The van der Waals surface area contributed by atoms with E-state index < -0.39 is 0 Å². The van der Waals surface area contributed by atoms with Crippen LogP contribution >= 0.6 is 0 Å². The smallest absolute Gasteiger partial charge is 0.358 e. The van der Waals surface area contributed by atoms with E-state index in [-0.39, 0.29) is 5.97 Å². The van der Waals surface area contributed by atoms with Gasteiger partial charge in [0.25, 0.3) is 0 Å². The Bertz CT molecular complexity index is 440. The molecule has 0 unspecified atom stereocenters. The molecule has 0 fully saturated rings. The minimum absolute atomic E-state index is 0.262. The standard InChI is InChI=1S/C14H23N3O2/c1-3-5-9-15-13-12(14(18)19-4-2)17-10-7-6-8-11(17)16-13/h15H,3-10H2,1-2H3. The number of nitrogens with zero attached hydrogens (tertiary/aromatic N) is 2. The number of esters is 1. The van der Waals surface area contributed by atoms with Crippen LogP contribution in [-0.2, 0) is 17.7 Å². The maximum atomic E-state index is 12.1. The second kappa shape index (κ2) is 6.59. The van der Waals surface area contributed by atoms with E-state index in [1.54, 1.807) is 0 Å². The molecule has 0 radical (unpaired) electrons. The molecule has 0 spiro atoms. The summed E-state index contributed by atoms with van der Waals surface area (Å²) in [4.78, 5) is 16.7. The molecule has 0 aromatic carbocycles. The average Bonchev–Trinajstić information content (AvgIpc) is 2.77. The number of carbonyl (C=O) groups is 1. The van der Waals surface area contributed by atoms with Crippen LogP contribution in [0, 0.1) is 0 Å². The number of aryl methyl sites for hydroxylation is 1. The first-order valence-corrected chi connectivity index (χ1v) is 7.28. The lowest BCUT2D eigenvalue weighted by atomic mass is 10.1. The highest BCUT2D eigenvalue weighted by molar-refractivity contribution is 5.93. The van der Waals surface area contributed by atoms with Gasteiger partial charge in [-0.05, 0) is 26.2 Å². The molecule has 1 aromatic heterocycles. The molecule has 19 heavy (non-hydrogen) atoms. The largest absolute Gasteiger partial charge is 0.461 e. The van der Waals surface area contributed by atoms with Crippen LogP contribution in [0.5, 0.6) is 0 Å². The van der Waals surface area contributed by atoms with Gasteiger partial charge in [-0.2, -0.15) is 0 Å². The number of ether oxygens (including phenoxy) is 1. The Morgan fingerprint density at radius 2 is 2.26 bits per heavy atom. The average molecular weight is 265 g/mol. The van der Waals surface area contributed by atoms with Crippen molar-refractivity contribution < 1.29 is 9.53 Å². The van der Waals surface area contributed by atoms with Crippen LogP contribution in [0.4, 0.5) is 5.82 Å². The molecule has 5 heteroatoms. The molecule has 0 amide bonds. The first-order chi connectivity index (χ1) is 9.27. The Balaban J connectivity index is 2.24. The molecular formula is C14H23N3O2. The summed E-state index contributed by atoms with van der Waals surface area (Å²) in [6.07, 6.45) is 5.39. The van der Waals surface area contributed by atoms with Gasteiger partial charge in [-0.25, -0.2) is 9.78 Å². The van der Waals surface area contributed by atoms with E-state index in [4.69, 9.17) is 4.74 Å². The maximum absolute atomic E-state index is 12.1. The Morgan fingerprint density at radius 3 is 3.00 bits per heavy atom. The summed E-state index contributed by atoms with van der Waals surface area (Å²) in [7, 11) is 0. The van der Waals surface area contributed by atoms with E-state index in [9.17, 15) is 4.79 Å². The molecule has 2 heterocycles. The first kappa shape index (κ1) is 13.9. The van der Waals surface area contributed by atoms with Gasteiger partial charge in [0.15, 0.2) is 11.5 Å². The number of aromatic nitrogens is 2. The van der Waals surface area contributed by atoms with Gasteiger partial charge in [0.05, 0.1) is 6.61 Å². The molecule has 1 N–H and O–H groups in total. The fraction of sp³-hybridized carbons (Fsp3) is 0.714. The number of hydrogen-bond donors (Lipinski definition) is 1.